The Labute approximate surface area is 111 Å². The molecule has 0 aliphatic carbocycles. The van der Waals surface area contributed by atoms with Crippen molar-refractivity contribution in [3.63, 3.8) is 0 Å². The molecule has 0 saturated heterocycles. The van der Waals surface area contributed by atoms with Crippen LogP contribution >= 0.6 is 0 Å². The second-order valence-corrected chi connectivity index (χ2v) is 5.02. The summed E-state index contributed by atoms with van der Waals surface area (Å²) in [6.07, 6.45) is 1.17. The van der Waals surface area contributed by atoms with Gasteiger partial charge in [0.2, 0.25) is 0 Å². The van der Waals surface area contributed by atoms with Crippen molar-refractivity contribution in [3.8, 4) is 0 Å². The molecule has 102 valence electrons. The molecule has 0 amide bonds. The van der Waals surface area contributed by atoms with Gasteiger partial charge in [0.05, 0.1) is 5.69 Å². The van der Waals surface area contributed by atoms with Gasteiger partial charge in [-0.15, -0.1) is 0 Å². The number of aryl methyl sites for hydroxylation is 1. The van der Waals surface area contributed by atoms with E-state index in [0.717, 1.165) is 24.5 Å². The SMILES string of the molecule is CCC(C)C(CN)N(CC)Cc1cccc(C)n1. The Morgan fingerprint density at radius 3 is 2.56 bits per heavy atom. The molecule has 0 spiro atoms. The van der Waals surface area contributed by atoms with E-state index in [9.17, 15) is 0 Å². The summed E-state index contributed by atoms with van der Waals surface area (Å²) in [5, 5.41) is 0. The zero-order valence-corrected chi connectivity index (χ0v) is 12.2. The number of hydrogen-bond donors (Lipinski definition) is 1. The highest BCUT2D eigenvalue weighted by Gasteiger charge is 2.21. The maximum absolute atomic E-state index is 5.95. The van der Waals surface area contributed by atoms with E-state index in [2.05, 4.69) is 42.8 Å². The van der Waals surface area contributed by atoms with Gasteiger partial charge in [-0.2, -0.15) is 0 Å². The summed E-state index contributed by atoms with van der Waals surface area (Å²) in [6.45, 7) is 11.4. The third kappa shape index (κ3) is 4.07. The summed E-state index contributed by atoms with van der Waals surface area (Å²) < 4.78 is 0. The van der Waals surface area contributed by atoms with Crippen LogP contribution in [-0.4, -0.2) is 29.0 Å². The third-order valence-electron chi connectivity index (χ3n) is 3.73. The molecule has 2 unspecified atom stereocenters. The summed E-state index contributed by atoms with van der Waals surface area (Å²) in [4.78, 5) is 7.02. The average Bonchev–Trinajstić information content (AvgIpc) is 2.38. The highest BCUT2D eigenvalue weighted by Crippen LogP contribution is 2.16. The van der Waals surface area contributed by atoms with Crippen molar-refractivity contribution in [1.82, 2.24) is 9.88 Å². The van der Waals surface area contributed by atoms with Crippen LogP contribution in [0.2, 0.25) is 0 Å². The lowest BCUT2D eigenvalue weighted by atomic mass is 9.97. The van der Waals surface area contributed by atoms with Gasteiger partial charge in [0, 0.05) is 24.8 Å². The summed E-state index contributed by atoms with van der Waals surface area (Å²) >= 11 is 0. The Balaban J connectivity index is 2.76. The van der Waals surface area contributed by atoms with E-state index < -0.39 is 0 Å². The smallest absolute Gasteiger partial charge is 0.0547 e. The Morgan fingerprint density at radius 2 is 2.06 bits per heavy atom. The topological polar surface area (TPSA) is 42.1 Å². The molecule has 0 aromatic carbocycles. The maximum Gasteiger partial charge on any atom is 0.0547 e. The highest BCUT2D eigenvalue weighted by atomic mass is 15.2. The van der Waals surface area contributed by atoms with Crippen LogP contribution in [0.4, 0.5) is 0 Å². The van der Waals surface area contributed by atoms with Crippen molar-refractivity contribution in [3.05, 3.63) is 29.6 Å². The minimum Gasteiger partial charge on any atom is -0.329 e. The Bertz CT molecular complexity index is 351. The molecule has 0 bridgehead atoms. The first kappa shape index (κ1) is 15.1. The molecule has 1 heterocycles. The first-order chi connectivity index (χ1) is 8.62. The molecule has 1 aromatic rings. The van der Waals surface area contributed by atoms with Crippen LogP contribution < -0.4 is 5.73 Å². The molecule has 2 N–H and O–H groups in total. The number of nitrogens with two attached hydrogens (primary N) is 1. The molecule has 3 heteroatoms. The minimum absolute atomic E-state index is 0.447. The quantitative estimate of drug-likeness (QED) is 0.807. The van der Waals surface area contributed by atoms with Gasteiger partial charge < -0.3 is 5.73 Å². The molecule has 2 atom stereocenters. The van der Waals surface area contributed by atoms with Crippen molar-refractivity contribution in [2.24, 2.45) is 11.7 Å². The molecule has 0 aliphatic rings. The van der Waals surface area contributed by atoms with E-state index in [1.54, 1.807) is 0 Å². The lowest BCUT2D eigenvalue weighted by Crippen LogP contribution is -2.44. The Hall–Kier alpha value is -0.930. The van der Waals surface area contributed by atoms with Crippen molar-refractivity contribution >= 4 is 0 Å². The van der Waals surface area contributed by atoms with E-state index >= 15 is 0 Å². The van der Waals surface area contributed by atoms with Crippen molar-refractivity contribution in [1.29, 1.82) is 0 Å². The van der Waals surface area contributed by atoms with Crippen LogP contribution in [0.3, 0.4) is 0 Å². The van der Waals surface area contributed by atoms with Gasteiger partial charge >= 0.3 is 0 Å². The van der Waals surface area contributed by atoms with Crippen LogP contribution in [0.25, 0.3) is 0 Å². The fraction of sp³-hybridized carbons (Fsp3) is 0.667. The molecule has 0 aliphatic heterocycles. The van der Waals surface area contributed by atoms with E-state index in [0.29, 0.717) is 18.5 Å². The number of rotatable bonds is 7. The second kappa shape index (κ2) is 7.49. The van der Waals surface area contributed by atoms with Crippen LogP contribution in [0.1, 0.15) is 38.6 Å². The predicted octanol–water partition coefficient (Wildman–Crippen LogP) is 2.59. The molecule has 0 saturated carbocycles. The van der Waals surface area contributed by atoms with E-state index in [4.69, 9.17) is 5.73 Å². The van der Waals surface area contributed by atoms with Gasteiger partial charge in [0.25, 0.3) is 0 Å². The van der Waals surface area contributed by atoms with E-state index in [-0.39, 0.29) is 0 Å². The van der Waals surface area contributed by atoms with Gasteiger partial charge in [0.1, 0.15) is 0 Å². The molecule has 0 radical (unpaired) electrons. The first-order valence-electron chi connectivity index (χ1n) is 6.99. The number of hydrogen-bond acceptors (Lipinski definition) is 3. The summed E-state index contributed by atoms with van der Waals surface area (Å²) in [6, 6.07) is 6.66. The molecule has 0 fully saturated rings. The van der Waals surface area contributed by atoms with Crippen LogP contribution in [0.5, 0.6) is 0 Å². The molecular weight excluding hydrogens is 222 g/mol. The molecule has 1 rings (SSSR count). The van der Waals surface area contributed by atoms with Gasteiger partial charge in [-0.05, 0) is 31.5 Å². The molecule has 3 nitrogen and oxygen atoms in total. The molecule has 18 heavy (non-hydrogen) atoms. The zero-order valence-electron chi connectivity index (χ0n) is 12.2. The van der Waals surface area contributed by atoms with E-state index in [1.165, 1.54) is 6.42 Å². The number of likely N-dealkylation sites (N-methyl/N-ethyl adjacent to an activating group) is 1. The van der Waals surface area contributed by atoms with Crippen LogP contribution in [-0.2, 0) is 6.54 Å². The van der Waals surface area contributed by atoms with Crippen molar-refractivity contribution in [2.75, 3.05) is 13.1 Å². The third-order valence-corrected chi connectivity index (χ3v) is 3.73. The molecule has 1 aromatic heterocycles. The van der Waals surface area contributed by atoms with Gasteiger partial charge in [0.15, 0.2) is 0 Å². The predicted molar refractivity (Wildman–Crippen MR) is 77.4 cm³/mol. The zero-order chi connectivity index (χ0) is 13.5. The fourth-order valence-corrected chi connectivity index (χ4v) is 2.37. The standard InChI is InChI=1S/C15H27N3/c1-5-12(3)15(10-16)18(6-2)11-14-9-7-8-13(4)17-14/h7-9,12,15H,5-6,10-11,16H2,1-4H3. The fourth-order valence-electron chi connectivity index (χ4n) is 2.37. The Morgan fingerprint density at radius 1 is 1.33 bits per heavy atom. The monoisotopic (exact) mass is 249 g/mol. The van der Waals surface area contributed by atoms with Crippen molar-refractivity contribution in [2.45, 2.75) is 46.7 Å². The van der Waals surface area contributed by atoms with Gasteiger partial charge in [-0.1, -0.05) is 33.3 Å². The summed E-state index contributed by atoms with van der Waals surface area (Å²) in [5.74, 6) is 0.625. The lowest BCUT2D eigenvalue weighted by molar-refractivity contribution is 0.148. The van der Waals surface area contributed by atoms with Gasteiger partial charge in [-0.3, -0.25) is 9.88 Å². The van der Waals surface area contributed by atoms with Crippen LogP contribution in [0, 0.1) is 12.8 Å². The largest absolute Gasteiger partial charge is 0.329 e. The van der Waals surface area contributed by atoms with E-state index in [1.807, 2.05) is 13.0 Å². The Kier molecular flexibility index (Phi) is 6.30. The van der Waals surface area contributed by atoms with Crippen molar-refractivity contribution < 1.29 is 0 Å². The number of pyridine rings is 1. The van der Waals surface area contributed by atoms with Crippen LogP contribution in [0.15, 0.2) is 18.2 Å². The normalized spacial score (nSPS) is 14.8. The molecular formula is C15H27N3. The minimum atomic E-state index is 0.447. The number of aromatic nitrogens is 1. The van der Waals surface area contributed by atoms with Gasteiger partial charge in [-0.25, -0.2) is 0 Å². The summed E-state index contributed by atoms with van der Waals surface area (Å²) in [7, 11) is 0. The maximum atomic E-state index is 5.95. The number of nitrogens with zero attached hydrogens (tertiary/aromatic N) is 2. The second-order valence-electron chi connectivity index (χ2n) is 5.02. The lowest BCUT2D eigenvalue weighted by Gasteiger charge is -2.33. The highest BCUT2D eigenvalue weighted by molar-refractivity contribution is 5.10. The average molecular weight is 249 g/mol. The first-order valence-corrected chi connectivity index (χ1v) is 6.99. The summed E-state index contributed by atoms with van der Waals surface area (Å²) in [5.41, 5.74) is 8.16.